The van der Waals surface area contributed by atoms with Gasteiger partial charge in [-0.15, -0.1) is 11.3 Å². The fourth-order valence-electron chi connectivity index (χ4n) is 2.15. The molecule has 0 saturated heterocycles. The molecule has 0 bridgehead atoms. The maximum absolute atomic E-state index is 12.3. The Balaban J connectivity index is 1.93. The molecule has 0 aliphatic heterocycles. The van der Waals surface area contributed by atoms with E-state index in [1.807, 2.05) is 18.0 Å². The number of aryl methyl sites for hydroxylation is 2. The Morgan fingerprint density at radius 2 is 1.95 bits per heavy atom. The second-order valence-corrected chi connectivity index (χ2v) is 6.20. The van der Waals surface area contributed by atoms with E-state index in [-0.39, 0.29) is 11.9 Å². The van der Waals surface area contributed by atoms with E-state index in [4.69, 9.17) is 0 Å². The van der Waals surface area contributed by atoms with Crippen LogP contribution in [0.25, 0.3) is 0 Å². The van der Waals surface area contributed by atoms with Crippen LogP contribution in [0.15, 0.2) is 41.8 Å². The number of carbonyl (C=O) groups excluding carboxylic acids is 1. The molecule has 1 aromatic heterocycles. The van der Waals surface area contributed by atoms with Gasteiger partial charge < -0.3 is 4.90 Å². The van der Waals surface area contributed by atoms with Crippen molar-refractivity contribution in [2.75, 3.05) is 7.05 Å². The number of nitrogens with zero attached hydrogens (tertiary/aromatic N) is 1. The maximum atomic E-state index is 12.3. The second kappa shape index (κ2) is 6.71. The zero-order valence-electron chi connectivity index (χ0n) is 12.3. The molecule has 20 heavy (non-hydrogen) atoms. The number of rotatable bonds is 5. The highest BCUT2D eigenvalue weighted by atomic mass is 32.1. The first-order chi connectivity index (χ1) is 9.58. The van der Waals surface area contributed by atoms with E-state index in [9.17, 15) is 4.79 Å². The summed E-state index contributed by atoms with van der Waals surface area (Å²) in [4.78, 5) is 15.4. The van der Waals surface area contributed by atoms with E-state index in [0.29, 0.717) is 6.42 Å². The lowest BCUT2D eigenvalue weighted by atomic mass is 10.1. The molecule has 3 heteroatoms. The van der Waals surface area contributed by atoms with Gasteiger partial charge in [-0.3, -0.25) is 4.79 Å². The Kier molecular flexibility index (Phi) is 4.96. The minimum Gasteiger partial charge on any atom is -0.339 e. The standard InChI is InChI=1S/C17H21NOS/c1-13-6-8-15(9-7-13)14(2)18(3)17(19)11-10-16-5-4-12-20-16/h4-9,12,14H,10-11H2,1-3H3. The Morgan fingerprint density at radius 3 is 2.55 bits per heavy atom. The number of hydrogen-bond donors (Lipinski definition) is 0. The summed E-state index contributed by atoms with van der Waals surface area (Å²) in [5, 5.41) is 2.05. The predicted molar refractivity (Wildman–Crippen MR) is 85.0 cm³/mol. The maximum Gasteiger partial charge on any atom is 0.223 e. The SMILES string of the molecule is Cc1ccc(C(C)N(C)C(=O)CCc2cccs2)cc1. The van der Waals surface area contributed by atoms with Crippen LogP contribution in [-0.2, 0) is 11.2 Å². The lowest BCUT2D eigenvalue weighted by Crippen LogP contribution is -2.29. The minimum atomic E-state index is 0.117. The molecule has 0 saturated carbocycles. The average molecular weight is 287 g/mol. The fraction of sp³-hybridized carbons (Fsp3) is 0.353. The molecule has 1 amide bonds. The first kappa shape index (κ1) is 14.8. The van der Waals surface area contributed by atoms with Crippen LogP contribution in [0.5, 0.6) is 0 Å². The van der Waals surface area contributed by atoms with Crippen molar-refractivity contribution >= 4 is 17.2 Å². The van der Waals surface area contributed by atoms with E-state index in [1.54, 1.807) is 11.3 Å². The quantitative estimate of drug-likeness (QED) is 0.806. The van der Waals surface area contributed by atoms with Gasteiger partial charge in [0.2, 0.25) is 5.91 Å². The van der Waals surface area contributed by atoms with Gasteiger partial charge in [-0.1, -0.05) is 35.9 Å². The molecule has 2 aromatic rings. The number of carbonyl (C=O) groups is 1. The first-order valence-corrected chi connectivity index (χ1v) is 7.80. The fourth-order valence-corrected chi connectivity index (χ4v) is 2.85. The van der Waals surface area contributed by atoms with Crippen LogP contribution >= 0.6 is 11.3 Å². The number of benzene rings is 1. The van der Waals surface area contributed by atoms with E-state index in [2.05, 4.69) is 49.6 Å². The van der Waals surface area contributed by atoms with Crippen molar-refractivity contribution in [1.82, 2.24) is 4.90 Å². The third-order valence-electron chi connectivity index (χ3n) is 3.70. The van der Waals surface area contributed by atoms with Gasteiger partial charge in [-0.2, -0.15) is 0 Å². The first-order valence-electron chi connectivity index (χ1n) is 6.92. The Labute approximate surface area is 125 Å². The van der Waals surface area contributed by atoms with E-state index >= 15 is 0 Å². The molecule has 1 heterocycles. The number of hydrogen-bond acceptors (Lipinski definition) is 2. The van der Waals surface area contributed by atoms with E-state index in [0.717, 1.165) is 6.42 Å². The lowest BCUT2D eigenvalue weighted by Gasteiger charge is -2.25. The molecular weight excluding hydrogens is 266 g/mol. The van der Waals surface area contributed by atoms with Crippen LogP contribution < -0.4 is 0 Å². The van der Waals surface area contributed by atoms with Gasteiger partial charge in [-0.25, -0.2) is 0 Å². The van der Waals surface area contributed by atoms with Crippen LogP contribution in [0.1, 0.15) is 35.4 Å². The molecule has 0 fully saturated rings. The van der Waals surface area contributed by atoms with Gasteiger partial charge in [0.05, 0.1) is 6.04 Å². The summed E-state index contributed by atoms with van der Waals surface area (Å²) in [6, 6.07) is 12.6. The summed E-state index contributed by atoms with van der Waals surface area (Å²) in [5.74, 6) is 0.200. The Bertz CT molecular complexity index is 545. The zero-order chi connectivity index (χ0) is 14.5. The summed E-state index contributed by atoms with van der Waals surface area (Å²) >= 11 is 1.71. The monoisotopic (exact) mass is 287 g/mol. The van der Waals surface area contributed by atoms with Crippen molar-refractivity contribution in [2.24, 2.45) is 0 Å². The Morgan fingerprint density at radius 1 is 1.25 bits per heavy atom. The van der Waals surface area contributed by atoms with Gasteiger partial charge in [-0.05, 0) is 37.3 Å². The van der Waals surface area contributed by atoms with Crippen molar-refractivity contribution in [3.05, 3.63) is 57.8 Å². The van der Waals surface area contributed by atoms with Gasteiger partial charge in [0, 0.05) is 18.3 Å². The number of amides is 1. The second-order valence-electron chi connectivity index (χ2n) is 5.17. The van der Waals surface area contributed by atoms with Gasteiger partial charge in [0.15, 0.2) is 0 Å². The van der Waals surface area contributed by atoms with Crippen molar-refractivity contribution in [2.45, 2.75) is 32.7 Å². The van der Waals surface area contributed by atoms with Gasteiger partial charge >= 0.3 is 0 Å². The van der Waals surface area contributed by atoms with Gasteiger partial charge in [0.1, 0.15) is 0 Å². The van der Waals surface area contributed by atoms with Crippen molar-refractivity contribution < 1.29 is 4.79 Å². The average Bonchev–Trinajstić information content (AvgIpc) is 2.97. The molecular formula is C17H21NOS. The molecule has 2 nitrogen and oxygen atoms in total. The van der Waals surface area contributed by atoms with E-state index in [1.165, 1.54) is 16.0 Å². The predicted octanol–water partition coefficient (Wildman–Crippen LogP) is 4.21. The molecule has 0 spiro atoms. The van der Waals surface area contributed by atoms with Crippen LogP contribution in [-0.4, -0.2) is 17.9 Å². The normalized spacial score (nSPS) is 12.2. The molecule has 106 valence electrons. The van der Waals surface area contributed by atoms with Crippen molar-refractivity contribution in [1.29, 1.82) is 0 Å². The van der Waals surface area contributed by atoms with Crippen molar-refractivity contribution in [3.8, 4) is 0 Å². The summed E-state index contributed by atoms with van der Waals surface area (Å²) in [7, 11) is 1.89. The zero-order valence-corrected chi connectivity index (χ0v) is 13.1. The minimum absolute atomic E-state index is 0.117. The molecule has 0 aliphatic carbocycles. The summed E-state index contributed by atoms with van der Waals surface area (Å²) in [5.41, 5.74) is 2.43. The summed E-state index contributed by atoms with van der Waals surface area (Å²) in [6.07, 6.45) is 1.41. The molecule has 0 N–H and O–H groups in total. The molecule has 2 rings (SSSR count). The third kappa shape index (κ3) is 3.70. The lowest BCUT2D eigenvalue weighted by molar-refractivity contribution is -0.131. The van der Waals surface area contributed by atoms with Gasteiger partial charge in [0.25, 0.3) is 0 Å². The van der Waals surface area contributed by atoms with Crippen LogP contribution in [0.4, 0.5) is 0 Å². The van der Waals surface area contributed by atoms with Crippen molar-refractivity contribution in [3.63, 3.8) is 0 Å². The molecule has 1 unspecified atom stereocenters. The number of thiophene rings is 1. The summed E-state index contributed by atoms with van der Waals surface area (Å²) in [6.45, 7) is 4.15. The molecule has 1 atom stereocenters. The van der Waals surface area contributed by atoms with Crippen LogP contribution in [0.3, 0.4) is 0 Å². The molecule has 0 aliphatic rings. The third-order valence-corrected chi connectivity index (χ3v) is 4.64. The summed E-state index contributed by atoms with van der Waals surface area (Å²) < 4.78 is 0. The van der Waals surface area contributed by atoms with Crippen LogP contribution in [0.2, 0.25) is 0 Å². The van der Waals surface area contributed by atoms with E-state index < -0.39 is 0 Å². The Hall–Kier alpha value is -1.61. The molecule has 1 aromatic carbocycles. The largest absolute Gasteiger partial charge is 0.339 e. The topological polar surface area (TPSA) is 20.3 Å². The highest BCUT2D eigenvalue weighted by Crippen LogP contribution is 2.20. The highest BCUT2D eigenvalue weighted by Gasteiger charge is 2.17. The smallest absolute Gasteiger partial charge is 0.223 e. The molecule has 0 radical (unpaired) electrons. The van der Waals surface area contributed by atoms with Crippen LogP contribution in [0, 0.1) is 6.92 Å². The highest BCUT2D eigenvalue weighted by molar-refractivity contribution is 7.09.